The first-order valence-electron chi connectivity index (χ1n) is 7.43. The molecule has 4 heteroatoms. The fourth-order valence-corrected chi connectivity index (χ4v) is 3.07. The van der Waals surface area contributed by atoms with Gasteiger partial charge in [-0.05, 0) is 49.3 Å². The zero-order valence-corrected chi connectivity index (χ0v) is 11.7. The van der Waals surface area contributed by atoms with Gasteiger partial charge in [-0.25, -0.2) is 0 Å². The van der Waals surface area contributed by atoms with Crippen molar-refractivity contribution in [3.8, 4) is 5.75 Å². The van der Waals surface area contributed by atoms with Crippen LogP contribution < -0.4 is 10.1 Å². The average molecular weight is 275 g/mol. The molecule has 1 fully saturated rings. The van der Waals surface area contributed by atoms with Crippen molar-refractivity contribution in [2.24, 2.45) is 0 Å². The Kier molecular flexibility index (Phi) is 3.66. The van der Waals surface area contributed by atoms with E-state index in [-0.39, 0.29) is 5.91 Å². The molecular weight excluding hydrogens is 254 g/mol. The normalized spacial score (nSPS) is 19.4. The van der Waals surface area contributed by atoms with Gasteiger partial charge >= 0.3 is 0 Å². The van der Waals surface area contributed by atoms with Crippen molar-refractivity contribution in [2.45, 2.75) is 44.1 Å². The topological polar surface area (TPSA) is 58.6 Å². The van der Waals surface area contributed by atoms with Crippen LogP contribution in [0, 0.1) is 0 Å². The number of fused-ring (bicyclic) bond motifs is 1. The molecule has 3 rings (SSSR count). The highest BCUT2D eigenvalue weighted by molar-refractivity contribution is 5.85. The van der Waals surface area contributed by atoms with Gasteiger partial charge in [0.1, 0.15) is 11.4 Å². The van der Waals surface area contributed by atoms with Crippen LogP contribution in [-0.4, -0.2) is 29.8 Å². The number of carbonyl (C=O) groups is 1. The second kappa shape index (κ2) is 5.44. The molecule has 0 aromatic heterocycles. The second-order valence-corrected chi connectivity index (χ2v) is 5.79. The largest absolute Gasteiger partial charge is 0.493 e. The van der Waals surface area contributed by atoms with Crippen molar-refractivity contribution in [3.63, 3.8) is 0 Å². The Morgan fingerprint density at radius 3 is 2.95 bits per heavy atom. The fraction of sp³-hybridized carbons (Fsp3) is 0.562. The van der Waals surface area contributed by atoms with Gasteiger partial charge < -0.3 is 15.2 Å². The first-order valence-corrected chi connectivity index (χ1v) is 7.43. The standard InChI is InChI=1S/C16H21NO3/c18-15(16(19)7-1-2-8-16)17-9-5-12-3-4-14-13(11-12)6-10-20-14/h3-4,11,19H,1-2,5-10H2,(H,17,18). The maximum Gasteiger partial charge on any atom is 0.251 e. The number of amides is 1. The van der Waals surface area contributed by atoms with Gasteiger partial charge in [-0.3, -0.25) is 4.79 Å². The molecule has 0 atom stereocenters. The number of hydrogen-bond acceptors (Lipinski definition) is 3. The first-order chi connectivity index (χ1) is 9.67. The number of nitrogens with one attached hydrogen (secondary N) is 1. The van der Waals surface area contributed by atoms with Crippen LogP contribution in [0.1, 0.15) is 36.8 Å². The van der Waals surface area contributed by atoms with Crippen LogP contribution in [0.4, 0.5) is 0 Å². The first kappa shape index (κ1) is 13.4. The van der Waals surface area contributed by atoms with Gasteiger partial charge in [0.2, 0.25) is 0 Å². The van der Waals surface area contributed by atoms with E-state index in [9.17, 15) is 9.90 Å². The van der Waals surface area contributed by atoms with Gasteiger partial charge in [-0.15, -0.1) is 0 Å². The van der Waals surface area contributed by atoms with E-state index >= 15 is 0 Å². The monoisotopic (exact) mass is 275 g/mol. The van der Waals surface area contributed by atoms with Crippen LogP contribution in [0.25, 0.3) is 0 Å². The van der Waals surface area contributed by atoms with Crippen molar-refractivity contribution in [1.29, 1.82) is 0 Å². The summed E-state index contributed by atoms with van der Waals surface area (Å²) in [5, 5.41) is 13.0. The predicted octanol–water partition coefficient (Wildman–Crippen LogP) is 1.59. The summed E-state index contributed by atoms with van der Waals surface area (Å²) in [5.41, 5.74) is 1.34. The van der Waals surface area contributed by atoms with Gasteiger partial charge in [0.15, 0.2) is 0 Å². The molecule has 1 aromatic carbocycles. The SMILES string of the molecule is O=C(NCCc1ccc2c(c1)CCO2)C1(O)CCCC1. The number of aliphatic hydroxyl groups is 1. The molecule has 1 heterocycles. The number of rotatable bonds is 4. The molecule has 1 aliphatic carbocycles. The molecule has 20 heavy (non-hydrogen) atoms. The summed E-state index contributed by atoms with van der Waals surface area (Å²) in [7, 11) is 0. The van der Waals surface area contributed by atoms with Crippen LogP contribution in [0.3, 0.4) is 0 Å². The molecule has 1 aromatic rings. The Morgan fingerprint density at radius 1 is 1.35 bits per heavy atom. The van der Waals surface area contributed by atoms with Crippen molar-refractivity contribution in [3.05, 3.63) is 29.3 Å². The number of hydrogen-bond donors (Lipinski definition) is 2. The summed E-state index contributed by atoms with van der Waals surface area (Å²) in [6.07, 6.45) is 4.82. The van der Waals surface area contributed by atoms with Crippen LogP contribution in [0.5, 0.6) is 5.75 Å². The third-order valence-electron chi connectivity index (χ3n) is 4.31. The molecule has 0 bridgehead atoms. The summed E-state index contributed by atoms with van der Waals surface area (Å²) < 4.78 is 5.47. The lowest BCUT2D eigenvalue weighted by atomic mass is 10.0. The summed E-state index contributed by atoms with van der Waals surface area (Å²) >= 11 is 0. The van der Waals surface area contributed by atoms with Crippen molar-refractivity contribution in [2.75, 3.05) is 13.2 Å². The van der Waals surface area contributed by atoms with E-state index in [0.29, 0.717) is 19.4 Å². The van der Waals surface area contributed by atoms with E-state index < -0.39 is 5.60 Å². The molecule has 0 saturated heterocycles. The summed E-state index contributed by atoms with van der Waals surface area (Å²) in [4.78, 5) is 12.0. The lowest BCUT2D eigenvalue weighted by Crippen LogP contribution is -2.45. The minimum atomic E-state index is -1.12. The van der Waals surface area contributed by atoms with E-state index in [1.807, 2.05) is 12.1 Å². The minimum absolute atomic E-state index is 0.209. The summed E-state index contributed by atoms with van der Waals surface area (Å²) in [6, 6.07) is 6.20. The van der Waals surface area contributed by atoms with Crippen LogP contribution >= 0.6 is 0 Å². The van der Waals surface area contributed by atoms with Crippen LogP contribution in [0.15, 0.2) is 18.2 Å². The van der Waals surface area contributed by atoms with Gasteiger partial charge in [0.25, 0.3) is 5.91 Å². The third-order valence-corrected chi connectivity index (χ3v) is 4.31. The highest BCUT2D eigenvalue weighted by Crippen LogP contribution is 2.29. The van der Waals surface area contributed by atoms with E-state index in [1.165, 1.54) is 11.1 Å². The maximum absolute atomic E-state index is 12.0. The Bertz CT molecular complexity index is 506. The predicted molar refractivity (Wildman–Crippen MR) is 75.8 cm³/mol. The van der Waals surface area contributed by atoms with Crippen LogP contribution in [0.2, 0.25) is 0 Å². The van der Waals surface area contributed by atoms with Gasteiger partial charge in [0, 0.05) is 13.0 Å². The van der Waals surface area contributed by atoms with Gasteiger partial charge in [0.05, 0.1) is 6.61 Å². The number of ether oxygens (including phenoxy) is 1. The molecule has 1 saturated carbocycles. The quantitative estimate of drug-likeness (QED) is 0.877. The molecule has 1 amide bonds. The third kappa shape index (κ3) is 2.66. The van der Waals surface area contributed by atoms with E-state index in [1.54, 1.807) is 0 Å². The zero-order chi connectivity index (χ0) is 14.0. The van der Waals surface area contributed by atoms with Gasteiger partial charge in [-0.1, -0.05) is 12.1 Å². The number of benzene rings is 1. The summed E-state index contributed by atoms with van der Waals surface area (Å²) in [6.45, 7) is 1.34. The smallest absolute Gasteiger partial charge is 0.251 e. The molecule has 0 spiro atoms. The lowest BCUT2D eigenvalue weighted by Gasteiger charge is -2.20. The van der Waals surface area contributed by atoms with Crippen molar-refractivity contribution in [1.82, 2.24) is 5.32 Å². The molecule has 2 N–H and O–H groups in total. The Balaban J connectivity index is 1.51. The fourth-order valence-electron chi connectivity index (χ4n) is 3.07. The highest BCUT2D eigenvalue weighted by Gasteiger charge is 2.38. The van der Waals surface area contributed by atoms with Crippen molar-refractivity contribution >= 4 is 5.91 Å². The molecule has 0 unspecified atom stereocenters. The molecule has 4 nitrogen and oxygen atoms in total. The maximum atomic E-state index is 12.0. The average Bonchev–Trinajstić information content (AvgIpc) is 3.07. The highest BCUT2D eigenvalue weighted by atomic mass is 16.5. The van der Waals surface area contributed by atoms with E-state index in [0.717, 1.165) is 38.0 Å². The molecule has 1 aliphatic heterocycles. The molecule has 2 aliphatic rings. The lowest BCUT2D eigenvalue weighted by molar-refractivity contribution is -0.139. The second-order valence-electron chi connectivity index (χ2n) is 5.79. The minimum Gasteiger partial charge on any atom is -0.493 e. The molecule has 0 radical (unpaired) electrons. The van der Waals surface area contributed by atoms with Crippen molar-refractivity contribution < 1.29 is 14.6 Å². The van der Waals surface area contributed by atoms with E-state index in [4.69, 9.17) is 4.74 Å². The molecule has 108 valence electrons. The summed E-state index contributed by atoms with van der Waals surface area (Å²) in [5.74, 6) is 0.776. The van der Waals surface area contributed by atoms with Gasteiger partial charge in [-0.2, -0.15) is 0 Å². The Hall–Kier alpha value is -1.55. The van der Waals surface area contributed by atoms with E-state index in [2.05, 4.69) is 11.4 Å². The number of carbonyl (C=O) groups excluding carboxylic acids is 1. The Morgan fingerprint density at radius 2 is 2.15 bits per heavy atom. The zero-order valence-electron chi connectivity index (χ0n) is 11.7. The molecular formula is C16H21NO3. The Labute approximate surface area is 119 Å². The van der Waals surface area contributed by atoms with Crippen LogP contribution in [-0.2, 0) is 17.6 Å².